The monoisotopic (exact) mass is 394 g/mol. The average molecular weight is 394 g/mol. The fourth-order valence-electron chi connectivity index (χ4n) is 2.62. The third-order valence-corrected chi connectivity index (χ3v) is 4.04. The van der Waals surface area contributed by atoms with E-state index in [1.807, 2.05) is 13.8 Å². The highest BCUT2D eigenvalue weighted by Crippen LogP contribution is 2.27. The quantitative estimate of drug-likeness (QED) is 0.439. The Hall–Kier alpha value is -2.77. The van der Waals surface area contributed by atoms with Crippen LogP contribution in [0.25, 0.3) is 0 Å². The van der Waals surface area contributed by atoms with Crippen LogP contribution in [0.5, 0.6) is 11.5 Å². The number of carbonyl (C=O) groups is 3. The molecule has 1 atom stereocenters. The molecular weight excluding hydrogens is 364 g/mol. The molecule has 1 aromatic carbocycles. The van der Waals surface area contributed by atoms with Crippen molar-refractivity contribution < 1.29 is 28.6 Å². The minimum atomic E-state index is -0.654. The molecule has 0 saturated heterocycles. The van der Waals surface area contributed by atoms with Gasteiger partial charge in [0.1, 0.15) is 6.04 Å². The third kappa shape index (κ3) is 7.46. The number of ether oxygens (including phenoxy) is 3. The van der Waals surface area contributed by atoms with Crippen LogP contribution in [0.4, 0.5) is 0 Å². The van der Waals surface area contributed by atoms with E-state index in [1.165, 1.54) is 21.3 Å². The highest BCUT2D eigenvalue weighted by Gasteiger charge is 2.22. The molecule has 0 heterocycles. The normalized spacial score (nSPS) is 11.5. The molecular formula is C20H30N2O6. The molecule has 1 rings (SSSR count). The highest BCUT2D eigenvalue weighted by molar-refractivity contribution is 5.94. The maximum absolute atomic E-state index is 12.2. The molecule has 0 aliphatic rings. The van der Waals surface area contributed by atoms with Gasteiger partial charge < -0.3 is 24.8 Å². The Labute approximate surface area is 165 Å². The third-order valence-electron chi connectivity index (χ3n) is 4.04. The van der Waals surface area contributed by atoms with E-state index in [1.54, 1.807) is 18.2 Å². The van der Waals surface area contributed by atoms with Gasteiger partial charge in [0.2, 0.25) is 5.91 Å². The molecule has 0 aliphatic carbocycles. The Bertz CT molecular complexity index is 675. The standard InChI is InChI=1S/C20H30N2O6/c1-13(2)11-15(20(25)28-5)22-18(23)7-6-10-21-19(24)14-8-9-16(26-3)17(12-14)27-4/h8-9,12-13,15H,6-7,10-11H2,1-5H3,(H,21,24)(H,22,23)/t15-/m0/s1. The lowest BCUT2D eigenvalue weighted by molar-refractivity contribution is -0.145. The molecule has 8 heteroatoms. The SMILES string of the molecule is COC(=O)[C@H](CC(C)C)NC(=O)CCCNC(=O)c1ccc(OC)c(OC)c1. The van der Waals surface area contributed by atoms with E-state index < -0.39 is 12.0 Å². The Morgan fingerprint density at radius 1 is 1.04 bits per heavy atom. The minimum absolute atomic E-state index is 0.192. The fraction of sp³-hybridized carbons (Fsp3) is 0.550. The van der Waals surface area contributed by atoms with Crippen LogP contribution in [0, 0.1) is 5.92 Å². The lowest BCUT2D eigenvalue weighted by Gasteiger charge is -2.18. The summed E-state index contributed by atoms with van der Waals surface area (Å²) in [5, 5.41) is 5.45. The molecule has 0 spiro atoms. The first-order valence-corrected chi connectivity index (χ1v) is 9.19. The molecule has 156 valence electrons. The lowest BCUT2D eigenvalue weighted by Crippen LogP contribution is -2.42. The summed E-state index contributed by atoms with van der Waals surface area (Å²) >= 11 is 0. The summed E-state index contributed by atoms with van der Waals surface area (Å²) in [4.78, 5) is 36.0. The van der Waals surface area contributed by atoms with E-state index in [0.29, 0.717) is 36.4 Å². The van der Waals surface area contributed by atoms with Gasteiger partial charge in [-0.05, 0) is 37.0 Å². The average Bonchev–Trinajstić information content (AvgIpc) is 2.68. The number of esters is 1. The number of amides is 2. The van der Waals surface area contributed by atoms with E-state index in [4.69, 9.17) is 14.2 Å². The van der Waals surface area contributed by atoms with Crippen LogP contribution in [0.1, 0.15) is 43.5 Å². The molecule has 0 fully saturated rings. The van der Waals surface area contributed by atoms with Crippen LogP contribution in [0.15, 0.2) is 18.2 Å². The number of hydrogen-bond acceptors (Lipinski definition) is 6. The number of methoxy groups -OCH3 is 3. The molecule has 2 N–H and O–H groups in total. The van der Waals surface area contributed by atoms with Crippen molar-refractivity contribution in [2.75, 3.05) is 27.9 Å². The van der Waals surface area contributed by atoms with Crippen molar-refractivity contribution in [1.29, 1.82) is 0 Å². The van der Waals surface area contributed by atoms with E-state index in [0.717, 1.165) is 0 Å². The smallest absolute Gasteiger partial charge is 0.328 e. The van der Waals surface area contributed by atoms with Gasteiger partial charge in [-0.15, -0.1) is 0 Å². The predicted molar refractivity (Wildman–Crippen MR) is 105 cm³/mol. The lowest BCUT2D eigenvalue weighted by atomic mass is 10.0. The number of carbonyl (C=O) groups excluding carboxylic acids is 3. The molecule has 2 amide bonds. The van der Waals surface area contributed by atoms with Gasteiger partial charge >= 0.3 is 5.97 Å². The number of benzene rings is 1. The zero-order chi connectivity index (χ0) is 21.1. The summed E-state index contributed by atoms with van der Waals surface area (Å²) < 4.78 is 15.0. The molecule has 0 bridgehead atoms. The first-order chi connectivity index (χ1) is 13.3. The van der Waals surface area contributed by atoms with Crippen molar-refractivity contribution in [1.82, 2.24) is 10.6 Å². The van der Waals surface area contributed by atoms with Crippen molar-refractivity contribution in [3.63, 3.8) is 0 Å². The Balaban J connectivity index is 2.46. The van der Waals surface area contributed by atoms with Crippen LogP contribution in [-0.2, 0) is 14.3 Å². The molecule has 1 aromatic rings. The van der Waals surface area contributed by atoms with E-state index in [9.17, 15) is 14.4 Å². The van der Waals surface area contributed by atoms with Crippen molar-refractivity contribution in [2.45, 2.75) is 39.2 Å². The summed E-state index contributed by atoms with van der Waals surface area (Å²) in [6.07, 6.45) is 1.15. The number of nitrogens with one attached hydrogen (secondary N) is 2. The van der Waals surface area contributed by atoms with Crippen molar-refractivity contribution in [2.24, 2.45) is 5.92 Å². The van der Waals surface area contributed by atoms with Crippen LogP contribution in [0.3, 0.4) is 0 Å². The maximum atomic E-state index is 12.2. The largest absolute Gasteiger partial charge is 0.493 e. The van der Waals surface area contributed by atoms with Crippen molar-refractivity contribution in [3.05, 3.63) is 23.8 Å². The number of hydrogen-bond donors (Lipinski definition) is 2. The van der Waals surface area contributed by atoms with Crippen LogP contribution >= 0.6 is 0 Å². The van der Waals surface area contributed by atoms with E-state index >= 15 is 0 Å². The number of rotatable bonds is 11. The van der Waals surface area contributed by atoms with Crippen LogP contribution < -0.4 is 20.1 Å². The van der Waals surface area contributed by atoms with Crippen molar-refractivity contribution >= 4 is 17.8 Å². The van der Waals surface area contributed by atoms with Gasteiger partial charge in [0.15, 0.2) is 11.5 Å². The van der Waals surface area contributed by atoms with Gasteiger partial charge in [0.05, 0.1) is 21.3 Å². The van der Waals surface area contributed by atoms with Gasteiger partial charge in [-0.1, -0.05) is 13.8 Å². The summed E-state index contributed by atoms with van der Waals surface area (Å²) in [6.45, 7) is 4.26. The molecule has 0 saturated carbocycles. The summed E-state index contributed by atoms with van der Waals surface area (Å²) in [5.41, 5.74) is 0.435. The second kappa shape index (κ2) is 11.8. The van der Waals surface area contributed by atoms with E-state index in [-0.39, 0.29) is 24.2 Å². The Morgan fingerprint density at radius 2 is 1.71 bits per heavy atom. The Morgan fingerprint density at radius 3 is 2.29 bits per heavy atom. The fourth-order valence-corrected chi connectivity index (χ4v) is 2.62. The van der Waals surface area contributed by atoms with Crippen LogP contribution in [-0.4, -0.2) is 51.7 Å². The second-order valence-corrected chi connectivity index (χ2v) is 6.70. The molecule has 0 radical (unpaired) electrons. The predicted octanol–water partition coefficient (Wildman–Crippen LogP) is 1.92. The Kier molecular flexibility index (Phi) is 9.84. The van der Waals surface area contributed by atoms with Gasteiger partial charge in [0.25, 0.3) is 5.91 Å². The zero-order valence-corrected chi connectivity index (χ0v) is 17.2. The molecule has 0 unspecified atom stereocenters. The topological polar surface area (TPSA) is 103 Å². The summed E-state index contributed by atoms with van der Waals surface area (Å²) in [6, 6.07) is 4.23. The van der Waals surface area contributed by atoms with Crippen LogP contribution in [0.2, 0.25) is 0 Å². The summed E-state index contributed by atoms with van der Waals surface area (Å²) in [7, 11) is 4.32. The molecule has 0 aromatic heterocycles. The first-order valence-electron chi connectivity index (χ1n) is 9.19. The van der Waals surface area contributed by atoms with Crippen molar-refractivity contribution in [3.8, 4) is 11.5 Å². The van der Waals surface area contributed by atoms with Gasteiger partial charge in [-0.3, -0.25) is 9.59 Å². The second-order valence-electron chi connectivity index (χ2n) is 6.70. The van der Waals surface area contributed by atoms with Gasteiger partial charge in [-0.25, -0.2) is 4.79 Å². The molecule has 0 aliphatic heterocycles. The minimum Gasteiger partial charge on any atom is -0.493 e. The maximum Gasteiger partial charge on any atom is 0.328 e. The van der Waals surface area contributed by atoms with Gasteiger partial charge in [-0.2, -0.15) is 0 Å². The first kappa shape index (κ1) is 23.3. The highest BCUT2D eigenvalue weighted by atomic mass is 16.5. The van der Waals surface area contributed by atoms with Gasteiger partial charge in [0, 0.05) is 18.5 Å². The van der Waals surface area contributed by atoms with E-state index in [2.05, 4.69) is 10.6 Å². The zero-order valence-electron chi connectivity index (χ0n) is 17.2. The molecule has 28 heavy (non-hydrogen) atoms. The summed E-state index contributed by atoms with van der Waals surface area (Å²) in [5.74, 6) is 0.268. The molecule has 8 nitrogen and oxygen atoms in total.